The van der Waals surface area contributed by atoms with Crippen LogP contribution >= 0.6 is 11.6 Å². The van der Waals surface area contributed by atoms with Crippen molar-refractivity contribution >= 4 is 28.3 Å². The molecule has 2 aromatic carbocycles. The van der Waals surface area contributed by atoms with Gasteiger partial charge in [0.1, 0.15) is 5.76 Å². The van der Waals surface area contributed by atoms with E-state index in [4.69, 9.17) is 16.0 Å². The van der Waals surface area contributed by atoms with Crippen molar-refractivity contribution in [2.75, 3.05) is 0 Å². The van der Waals surface area contributed by atoms with E-state index in [1.165, 1.54) is 5.56 Å². The third kappa shape index (κ3) is 5.81. The summed E-state index contributed by atoms with van der Waals surface area (Å²) in [6.45, 7) is 2.45. The van der Waals surface area contributed by atoms with Crippen molar-refractivity contribution in [2.45, 2.75) is 25.0 Å². The lowest BCUT2D eigenvalue weighted by molar-refractivity contribution is 0.0921. The maximum absolute atomic E-state index is 12.3. The van der Waals surface area contributed by atoms with Crippen molar-refractivity contribution in [3.63, 3.8) is 0 Å². The zero-order valence-corrected chi connectivity index (χ0v) is 16.5. The summed E-state index contributed by atoms with van der Waals surface area (Å²) in [4.78, 5) is 12.2. The monoisotopic (exact) mass is 401 g/mol. The van der Waals surface area contributed by atoms with Crippen LogP contribution in [0.2, 0.25) is 5.02 Å². The number of aryl methyl sites for hydroxylation is 1. The Morgan fingerprint density at radius 1 is 0.963 bits per heavy atom. The molecule has 3 aromatic rings. The number of hydrogen-bond donors (Lipinski definition) is 1. The molecule has 1 aromatic heterocycles. The molecule has 140 valence electrons. The van der Waals surface area contributed by atoms with Gasteiger partial charge in [0.2, 0.25) is 0 Å². The smallest absolute Gasteiger partial charge is 0.287 e. The van der Waals surface area contributed by atoms with E-state index in [1.807, 2.05) is 43.3 Å². The molecule has 27 heavy (non-hydrogen) atoms. The normalized spacial score (nSPS) is 11.9. The van der Waals surface area contributed by atoms with Crippen LogP contribution in [0.1, 0.15) is 33.0 Å². The van der Waals surface area contributed by atoms with E-state index >= 15 is 0 Å². The van der Waals surface area contributed by atoms with Crippen molar-refractivity contribution < 1.29 is 13.4 Å². The van der Waals surface area contributed by atoms with Gasteiger partial charge in [0, 0.05) is 28.1 Å². The Balaban J connectivity index is 1.52. The quantitative estimate of drug-likeness (QED) is 0.628. The topological polar surface area (TPSA) is 59.3 Å². The van der Waals surface area contributed by atoms with E-state index in [2.05, 4.69) is 5.32 Å². The lowest BCUT2D eigenvalue weighted by atomic mass is 10.1. The highest BCUT2D eigenvalue weighted by Crippen LogP contribution is 2.15. The molecule has 1 heterocycles. The molecule has 0 fully saturated rings. The fourth-order valence-corrected chi connectivity index (χ4v) is 3.79. The lowest BCUT2D eigenvalue weighted by Crippen LogP contribution is -2.22. The highest BCUT2D eigenvalue weighted by atomic mass is 35.5. The van der Waals surface area contributed by atoms with Crippen molar-refractivity contribution in [1.29, 1.82) is 0 Å². The summed E-state index contributed by atoms with van der Waals surface area (Å²) in [5.41, 5.74) is 3.14. The Hall–Kier alpha value is -2.37. The molecule has 0 saturated carbocycles. The van der Waals surface area contributed by atoms with Crippen molar-refractivity contribution in [2.24, 2.45) is 0 Å². The second kappa shape index (κ2) is 9.02. The summed E-state index contributed by atoms with van der Waals surface area (Å²) < 4.78 is 17.9. The van der Waals surface area contributed by atoms with Crippen LogP contribution < -0.4 is 5.32 Å². The fourth-order valence-electron chi connectivity index (χ4n) is 2.53. The molecule has 0 aliphatic heterocycles. The molecule has 3 rings (SSSR count). The number of furan rings is 1. The fraction of sp³-hybridized carbons (Fsp3) is 0.190. The minimum atomic E-state index is -1.13. The van der Waals surface area contributed by atoms with Gasteiger partial charge in [-0.3, -0.25) is 9.00 Å². The number of rotatable bonds is 7. The largest absolute Gasteiger partial charge is 0.455 e. The van der Waals surface area contributed by atoms with E-state index in [0.717, 1.165) is 11.1 Å². The van der Waals surface area contributed by atoms with Gasteiger partial charge < -0.3 is 9.73 Å². The second-order valence-corrected chi connectivity index (χ2v) is 8.18. The Kier molecular flexibility index (Phi) is 6.48. The number of nitrogens with one attached hydrogen (secondary N) is 1. The molecule has 0 spiro atoms. The number of benzene rings is 2. The van der Waals surface area contributed by atoms with Crippen molar-refractivity contribution in [3.8, 4) is 0 Å². The average molecular weight is 402 g/mol. The Bertz CT molecular complexity index is 933. The second-order valence-electron chi connectivity index (χ2n) is 6.29. The first-order valence-corrected chi connectivity index (χ1v) is 10.4. The first-order valence-electron chi connectivity index (χ1n) is 8.51. The number of halogens is 1. The van der Waals surface area contributed by atoms with Gasteiger partial charge in [-0.1, -0.05) is 53.6 Å². The van der Waals surface area contributed by atoms with Crippen LogP contribution in [0.4, 0.5) is 0 Å². The van der Waals surface area contributed by atoms with Crippen molar-refractivity contribution in [1.82, 2.24) is 5.32 Å². The van der Waals surface area contributed by atoms with Crippen LogP contribution in [0.15, 0.2) is 65.1 Å². The summed E-state index contributed by atoms with van der Waals surface area (Å²) >= 11 is 5.85. The van der Waals surface area contributed by atoms with E-state index in [0.29, 0.717) is 23.1 Å². The Morgan fingerprint density at radius 2 is 1.63 bits per heavy atom. The van der Waals surface area contributed by atoms with Gasteiger partial charge in [0.25, 0.3) is 5.91 Å². The van der Waals surface area contributed by atoms with Crippen LogP contribution in [0.3, 0.4) is 0 Å². The van der Waals surface area contributed by atoms with E-state index in [-0.39, 0.29) is 17.4 Å². The number of carbonyl (C=O) groups excluding carboxylic acids is 1. The first kappa shape index (κ1) is 19.4. The van der Waals surface area contributed by atoms with Crippen LogP contribution in [0.5, 0.6) is 0 Å². The zero-order chi connectivity index (χ0) is 19.2. The van der Waals surface area contributed by atoms with Gasteiger partial charge >= 0.3 is 0 Å². The number of carbonyl (C=O) groups is 1. The van der Waals surface area contributed by atoms with E-state index in [9.17, 15) is 9.00 Å². The molecule has 6 heteroatoms. The predicted molar refractivity (Wildman–Crippen MR) is 108 cm³/mol. The molecule has 0 aliphatic carbocycles. The molecule has 1 amide bonds. The third-order valence-corrected chi connectivity index (χ3v) is 5.52. The van der Waals surface area contributed by atoms with Gasteiger partial charge in [-0.05, 0) is 42.3 Å². The molecular weight excluding hydrogens is 382 g/mol. The van der Waals surface area contributed by atoms with Gasteiger partial charge in [0.15, 0.2) is 5.76 Å². The van der Waals surface area contributed by atoms with Gasteiger partial charge in [0.05, 0.1) is 5.75 Å². The molecule has 0 aliphatic rings. The average Bonchev–Trinajstić information content (AvgIpc) is 3.11. The van der Waals surface area contributed by atoms with E-state index in [1.54, 1.807) is 24.3 Å². The SMILES string of the molecule is Cc1ccc(CNC(=O)c2ccc(C[S@](=O)Cc3ccc(Cl)cc3)o2)cc1. The lowest BCUT2D eigenvalue weighted by Gasteiger charge is -2.04. The Labute approximate surface area is 166 Å². The third-order valence-electron chi connectivity index (χ3n) is 4.00. The van der Waals surface area contributed by atoms with Crippen molar-refractivity contribution in [3.05, 3.63) is 93.9 Å². The predicted octanol–water partition coefficient (Wildman–Crippen LogP) is 4.62. The maximum atomic E-state index is 12.3. The van der Waals surface area contributed by atoms with Crippen LogP contribution in [0.25, 0.3) is 0 Å². The van der Waals surface area contributed by atoms with Gasteiger partial charge in [-0.15, -0.1) is 0 Å². The van der Waals surface area contributed by atoms with Crippen LogP contribution in [0, 0.1) is 6.92 Å². The Morgan fingerprint density at radius 3 is 2.33 bits per heavy atom. The molecule has 0 bridgehead atoms. The summed E-state index contributed by atoms with van der Waals surface area (Å²) in [5, 5.41) is 3.48. The molecule has 0 radical (unpaired) electrons. The minimum absolute atomic E-state index is 0.223. The molecular formula is C21H20ClNO3S. The standard InChI is InChI=1S/C21H20ClNO3S/c1-15-2-4-16(5-3-15)12-23-21(24)20-11-10-19(26-20)14-27(25)13-17-6-8-18(22)9-7-17/h2-11H,12-14H2,1H3,(H,23,24)/t27-/m1/s1. The maximum Gasteiger partial charge on any atom is 0.287 e. The first-order chi connectivity index (χ1) is 13.0. The zero-order valence-electron chi connectivity index (χ0n) is 14.9. The summed E-state index contributed by atoms with van der Waals surface area (Å²) in [7, 11) is -1.13. The minimum Gasteiger partial charge on any atom is -0.455 e. The number of amides is 1. The molecule has 0 unspecified atom stereocenters. The van der Waals surface area contributed by atoms with Gasteiger partial charge in [-0.2, -0.15) is 0 Å². The van der Waals surface area contributed by atoms with Gasteiger partial charge in [-0.25, -0.2) is 0 Å². The van der Waals surface area contributed by atoms with E-state index < -0.39 is 10.8 Å². The molecule has 1 atom stereocenters. The van der Waals surface area contributed by atoms with Crippen LogP contribution in [-0.2, 0) is 28.9 Å². The number of hydrogen-bond acceptors (Lipinski definition) is 3. The summed E-state index contributed by atoms with van der Waals surface area (Å²) in [5.74, 6) is 1.13. The molecule has 4 nitrogen and oxygen atoms in total. The van der Waals surface area contributed by atoms with Crippen LogP contribution in [-0.4, -0.2) is 10.1 Å². The summed E-state index contributed by atoms with van der Waals surface area (Å²) in [6, 6.07) is 18.5. The summed E-state index contributed by atoms with van der Waals surface area (Å²) in [6.07, 6.45) is 0. The molecule has 0 saturated heterocycles. The highest BCUT2D eigenvalue weighted by Gasteiger charge is 2.13. The highest BCUT2D eigenvalue weighted by molar-refractivity contribution is 7.83. The molecule has 1 N–H and O–H groups in total.